The standard InChI is InChI=1S/C16H27N3S/c17-15(16-4-3-11-20-16)13-19-9-5-14(6-10-19)12-18-7-1-2-8-18/h3-4,11,14-15H,1-2,5-10,12-13,17H2. The third-order valence-electron chi connectivity index (χ3n) is 4.79. The smallest absolute Gasteiger partial charge is 0.0519 e. The fourth-order valence-corrected chi connectivity index (χ4v) is 4.27. The van der Waals surface area contributed by atoms with Crippen molar-refractivity contribution in [1.29, 1.82) is 0 Å². The monoisotopic (exact) mass is 293 g/mol. The predicted octanol–water partition coefficient (Wildman–Crippen LogP) is 2.56. The van der Waals surface area contributed by atoms with Crippen LogP contribution in [0.4, 0.5) is 0 Å². The van der Waals surface area contributed by atoms with Crippen LogP contribution in [0.3, 0.4) is 0 Å². The molecule has 1 aromatic rings. The second kappa shape index (κ2) is 7.03. The SMILES string of the molecule is NC(CN1CCC(CN2CCCC2)CC1)c1cccs1. The van der Waals surface area contributed by atoms with Crippen molar-refractivity contribution in [2.75, 3.05) is 39.3 Å². The average Bonchev–Trinajstić information content (AvgIpc) is 3.13. The highest BCUT2D eigenvalue weighted by molar-refractivity contribution is 7.10. The lowest BCUT2D eigenvalue weighted by atomic mass is 9.96. The van der Waals surface area contributed by atoms with Gasteiger partial charge in [-0.3, -0.25) is 0 Å². The first-order valence-electron chi connectivity index (χ1n) is 8.05. The highest BCUT2D eigenvalue weighted by Gasteiger charge is 2.23. The van der Waals surface area contributed by atoms with Gasteiger partial charge in [-0.15, -0.1) is 11.3 Å². The molecule has 1 atom stereocenters. The Labute approximate surface area is 126 Å². The Morgan fingerprint density at radius 3 is 2.55 bits per heavy atom. The number of nitrogens with zero attached hydrogens (tertiary/aromatic N) is 2. The summed E-state index contributed by atoms with van der Waals surface area (Å²) in [4.78, 5) is 6.55. The van der Waals surface area contributed by atoms with Crippen LogP contribution in [0, 0.1) is 5.92 Å². The average molecular weight is 293 g/mol. The molecule has 0 aromatic carbocycles. The van der Waals surface area contributed by atoms with Crippen molar-refractivity contribution >= 4 is 11.3 Å². The zero-order chi connectivity index (χ0) is 13.8. The molecule has 20 heavy (non-hydrogen) atoms. The molecule has 2 fully saturated rings. The van der Waals surface area contributed by atoms with Gasteiger partial charge in [-0.2, -0.15) is 0 Å². The molecule has 0 radical (unpaired) electrons. The van der Waals surface area contributed by atoms with E-state index in [9.17, 15) is 0 Å². The van der Waals surface area contributed by atoms with Crippen molar-refractivity contribution in [2.24, 2.45) is 11.7 Å². The van der Waals surface area contributed by atoms with E-state index in [0.717, 1.165) is 12.5 Å². The molecule has 2 aliphatic heterocycles. The van der Waals surface area contributed by atoms with Crippen LogP contribution in [0.5, 0.6) is 0 Å². The molecule has 1 aromatic heterocycles. The molecule has 0 bridgehead atoms. The number of hydrogen-bond donors (Lipinski definition) is 1. The molecule has 2 N–H and O–H groups in total. The van der Waals surface area contributed by atoms with Crippen molar-refractivity contribution < 1.29 is 0 Å². The summed E-state index contributed by atoms with van der Waals surface area (Å²) in [7, 11) is 0. The second-order valence-corrected chi connectivity index (χ2v) is 7.35. The van der Waals surface area contributed by atoms with E-state index < -0.39 is 0 Å². The summed E-state index contributed by atoms with van der Waals surface area (Å²) in [6, 6.07) is 4.46. The largest absolute Gasteiger partial charge is 0.322 e. The number of hydrogen-bond acceptors (Lipinski definition) is 4. The molecule has 4 heteroatoms. The maximum absolute atomic E-state index is 6.30. The van der Waals surface area contributed by atoms with E-state index in [2.05, 4.69) is 27.3 Å². The fraction of sp³-hybridized carbons (Fsp3) is 0.750. The van der Waals surface area contributed by atoms with Gasteiger partial charge >= 0.3 is 0 Å². The van der Waals surface area contributed by atoms with Gasteiger partial charge in [-0.05, 0) is 69.2 Å². The second-order valence-electron chi connectivity index (χ2n) is 6.37. The number of likely N-dealkylation sites (tertiary alicyclic amines) is 2. The lowest BCUT2D eigenvalue weighted by Crippen LogP contribution is -2.40. The summed E-state index contributed by atoms with van der Waals surface area (Å²) in [5.41, 5.74) is 6.30. The molecule has 3 nitrogen and oxygen atoms in total. The van der Waals surface area contributed by atoms with Gasteiger partial charge in [0.25, 0.3) is 0 Å². The zero-order valence-electron chi connectivity index (χ0n) is 12.3. The van der Waals surface area contributed by atoms with Crippen LogP contribution in [0.25, 0.3) is 0 Å². The molecule has 3 heterocycles. The minimum absolute atomic E-state index is 0.199. The number of rotatable bonds is 5. The van der Waals surface area contributed by atoms with E-state index in [0.29, 0.717) is 0 Å². The van der Waals surface area contributed by atoms with Gasteiger partial charge < -0.3 is 15.5 Å². The Morgan fingerprint density at radius 2 is 1.90 bits per heavy atom. The van der Waals surface area contributed by atoms with E-state index in [1.54, 1.807) is 11.3 Å². The first-order valence-corrected chi connectivity index (χ1v) is 8.93. The summed E-state index contributed by atoms with van der Waals surface area (Å²) in [6.45, 7) is 7.50. The number of piperidine rings is 1. The van der Waals surface area contributed by atoms with Crippen LogP contribution in [0.1, 0.15) is 36.6 Å². The minimum Gasteiger partial charge on any atom is -0.322 e. The molecular weight excluding hydrogens is 266 g/mol. The summed E-state index contributed by atoms with van der Waals surface area (Å²) in [6.07, 6.45) is 5.53. The molecule has 0 amide bonds. The molecular formula is C16H27N3S. The van der Waals surface area contributed by atoms with Crippen LogP contribution in [0.2, 0.25) is 0 Å². The van der Waals surface area contributed by atoms with Gasteiger partial charge in [0.15, 0.2) is 0 Å². The van der Waals surface area contributed by atoms with Gasteiger partial charge in [-0.25, -0.2) is 0 Å². The lowest BCUT2D eigenvalue weighted by molar-refractivity contribution is 0.148. The Hall–Kier alpha value is -0.420. The van der Waals surface area contributed by atoms with Gasteiger partial charge in [0, 0.05) is 18.0 Å². The first kappa shape index (κ1) is 14.5. The number of nitrogens with two attached hydrogens (primary N) is 1. The molecule has 0 spiro atoms. The van der Waals surface area contributed by atoms with Gasteiger partial charge in [0.1, 0.15) is 0 Å². The van der Waals surface area contributed by atoms with E-state index >= 15 is 0 Å². The van der Waals surface area contributed by atoms with Crippen LogP contribution >= 0.6 is 11.3 Å². The first-order chi connectivity index (χ1) is 9.81. The van der Waals surface area contributed by atoms with Crippen molar-refractivity contribution in [2.45, 2.75) is 31.7 Å². The van der Waals surface area contributed by atoms with E-state index in [-0.39, 0.29) is 6.04 Å². The van der Waals surface area contributed by atoms with Crippen LogP contribution in [-0.2, 0) is 0 Å². The Kier molecular flexibility index (Phi) is 5.10. The van der Waals surface area contributed by atoms with Crippen LogP contribution in [-0.4, -0.2) is 49.1 Å². The van der Waals surface area contributed by atoms with Crippen molar-refractivity contribution in [3.63, 3.8) is 0 Å². The quantitative estimate of drug-likeness (QED) is 0.905. The highest BCUT2D eigenvalue weighted by atomic mass is 32.1. The summed E-state index contributed by atoms with van der Waals surface area (Å²) < 4.78 is 0. The third-order valence-corrected chi connectivity index (χ3v) is 5.79. The van der Waals surface area contributed by atoms with E-state index in [1.165, 1.54) is 63.3 Å². The maximum Gasteiger partial charge on any atom is 0.0519 e. The third kappa shape index (κ3) is 3.82. The van der Waals surface area contributed by atoms with Crippen molar-refractivity contribution in [1.82, 2.24) is 9.80 Å². The molecule has 0 saturated carbocycles. The highest BCUT2D eigenvalue weighted by Crippen LogP contribution is 2.23. The van der Waals surface area contributed by atoms with E-state index in [4.69, 9.17) is 5.73 Å². The molecule has 3 rings (SSSR count). The van der Waals surface area contributed by atoms with Crippen molar-refractivity contribution in [3.8, 4) is 0 Å². The molecule has 112 valence electrons. The van der Waals surface area contributed by atoms with Gasteiger partial charge in [0.2, 0.25) is 0 Å². The fourth-order valence-electron chi connectivity index (χ4n) is 3.55. The Bertz CT molecular complexity index is 378. The Morgan fingerprint density at radius 1 is 1.15 bits per heavy atom. The normalized spacial score (nSPS) is 24.2. The zero-order valence-corrected chi connectivity index (χ0v) is 13.2. The molecule has 2 aliphatic rings. The summed E-state index contributed by atoms with van der Waals surface area (Å²) in [5.74, 6) is 0.919. The lowest BCUT2D eigenvalue weighted by Gasteiger charge is -2.34. The molecule has 1 unspecified atom stereocenters. The topological polar surface area (TPSA) is 32.5 Å². The van der Waals surface area contributed by atoms with E-state index in [1.807, 2.05) is 0 Å². The summed E-state index contributed by atoms with van der Waals surface area (Å²) in [5, 5.41) is 2.12. The van der Waals surface area contributed by atoms with Crippen LogP contribution in [0.15, 0.2) is 17.5 Å². The van der Waals surface area contributed by atoms with Gasteiger partial charge in [0.05, 0.1) is 6.04 Å². The Balaban J connectivity index is 1.39. The minimum atomic E-state index is 0.199. The molecule has 0 aliphatic carbocycles. The summed E-state index contributed by atoms with van der Waals surface area (Å²) >= 11 is 1.78. The van der Waals surface area contributed by atoms with Crippen molar-refractivity contribution in [3.05, 3.63) is 22.4 Å². The predicted molar refractivity (Wildman–Crippen MR) is 86.1 cm³/mol. The maximum atomic E-state index is 6.30. The number of thiophene rings is 1. The van der Waals surface area contributed by atoms with Crippen LogP contribution < -0.4 is 5.73 Å². The molecule has 2 saturated heterocycles. The van der Waals surface area contributed by atoms with Gasteiger partial charge in [-0.1, -0.05) is 6.07 Å².